The fourth-order valence-corrected chi connectivity index (χ4v) is 2.92. The molecule has 2 heterocycles. The standard InChI is InChI=1S/C15H18N2O2/c1-10(2)11-4-3-5-12(8-11)17-13-6-7-14(18)16(13)9-15(17)19/h3-5,8,10,13H,6-7,9H2,1-2H3. The molecule has 4 nitrogen and oxygen atoms in total. The first-order valence-corrected chi connectivity index (χ1v) is 6.79. The van der Waals surface area contributed by atoms with Gasteiger partial charge in [0.05, 0.1) is 0 Å². The van der Waals surface area contributed by atoms with Gasteiger partial charge in [0.1, 0.15) is 12.7 Å². The first-order valence-electron chi connectivity index (χ1n) is 6.79. The van der Waals surface area contributed by atoms with Crippen LogP contribution in [0.15, 0.2) is 24.3 Å². The Labute approximate surface area is 113 Å². The van der Waals surface area contributed by atoms with Crippen LogP contribution in [0.5, 0.6) is 0 Å². The van der Waals surface area contributed by atoms with E-state index in [4.69, 9.17) is 0 Å². The molecule has 0 radical (unpaired) electrons. The van der Waals surface area contributed by atoms with Crippen LogP contribution in [0.1, 0.15) is 38.2 Å². The van der Waals surface area contributed by atoms with Gasteiger partial charge >= 0.3 is 0 Å². The van der Waals surface area contributed by atoms with Gasteiger partial charge in [0.2, 0.25) is 11.8 Å². The highest BCUT2D eigenvalue weighted by Gasteiger charge is 2.45. The third-order valence-corrected chi connectivity index (χ3v) is 3.98. The molecule has 1 aromatic carbocycles. The first kappa shape index (κ1) is 12.2. The van der Waals surface area contributed by atoms with E-state index in [2.05, 4.69) is 26.0 Å². The molecule has 2 amide bonds. The summed E-state index contributed by atoms with van der Waals surface area (Å²) in [4.78, 5) is 27.3. The molecule has 100 valence electrons. The van der Waals surface area contributed by atoms with Crippen molar-refractivity contribution in [3.63, 3.8) is 0 Å². The molecule has 2 aliphatic heterocycles. The van der Waals surface area contributed by atoms with Crippen molar-refractivity contribution in [1.82, 2.24) is 4.90 Å². The second-order valence-corrected chi connectivity index (χ2v) is 5.55. The molecule has 0 aliphatic carbocycles. The molecular formula is C15H18N2O2. The number of rotatable bonds is 2. The van der Waals surface area contributed by atoms with Crippen LogP contribution in [0.25, 0.3) is 0 Å². The van der Waals surface area contributed by atoms with Crippen molar-refractivity contribution < 1.29 is 9.59 Å². The van der Waals surface area contributed by atoms with Gasteiger partial charge < -0.3 is 4.90 Å². The SMILES string of the molecule is CC(C)c1cccc(N2C(=O)CN3C(=O)CCC32)c1. The van der Waals surface area contributed by atoms with Gasteiger partial charge in [-0.25, -0.2) is 0 Å². The van der Waals surface area contributed by atoms with E-state index in [-0.39, 0.29) is 24.5 Å². The normalized spacial score (nSPS) is 22.6. The Hall–Kier alpha value is -1.84. The van der Waals surface area contributed by atoms with E-state index in [1.165, 1.54) is 5.56 Å². The molecule has 2 saturated heterocycles. The zero-order valence-electron chi connectivity index (χ0n) is 11.3. The van der Waals surface area contributed by atoms with Crippen LogP contribution >= 0.6 is 0 Å². The summed E-state index contributed by atoms with van der Waals surface area (Å²) in [6.45, 7) is 4.50. The minimum Gasteiger partial charge on any atom is -0.312 e. The van der Waals surface area contributed by atoms with Crippen LogP contribution in [0, 0.1) is 0 Å². The number of amides is 2. The molecule has 19 heavy (non-hydrogen) atoms. The van der Waals surface area contributed by atoms with Crippen molar-refractivity contribution in [3.05, 3.63) is 29.8 Å². The number of fused-ring (bicyclic) bond motifs is 1. The van der Waals surface area contributed by atoms with Crippen molar-refractivity contribution in [1.29, 1.82) is 0 Å². The van der Waals surface area contributed by atoms with Crippen molar-refractivity contribution in [3.8, 4) is 0 Å². The number of carbonyl (C=O) groups is 2. The molecule has 1 aromatic rings. The quantitative estimate of drug-likeness (QED) is 0.815. The maximum Gasteiger partial charge on any atom is 0.248 e. The van der Waals surface area contributed by atoms with Crippen molar-refractivity contribution in [2.75, 3.05) is 11.4 Å². The minimum absolute atomic E-state index is 0.0268. The van der Waals surface area contributed by atoms with Gasteiger partial charge in [-0.2, -0.15) is 0 Å². The van der Waals surface area contributed by atoms with Crippen molar-refractivity contribution in [2.24, 2.45) is 0 Å². The Morgan fingerprint density at radius 3 is 2.74 bits per heavy atom. The van der Waals surface area contributed by atoms with Crippen molar-refractivity contribution >= 4 is 17.5 Å². The topological polar surface area (TPSA) is 40.6 Å². The molecule has 0 N–H and O–H groups in total. The third kappa shape index (κ3) is 1.91. The summed E-state index contributed by atoms with van der Waals surface area (Å²) in [5.74, 6) is 0.554. The van der Waals surface area contributed by atoms with Gasteiger partial charge in [-0.3, -0.25) is 14.5 Å². The van der Waals surface area contributed by atoms with E-state index < -0.39 is 0 Å². The monoisotopic (exact) mass is 258 g/mol. The van der Waals surface area contributed by atoms with E-state index in [1.807, 2.05) is 12.1 Å². The summed E-state index contributed by atoms with van der Waals surface area (Å²) in [5, 5.41) is 0. The van der Waals surface area contributed by atoms with Gasteiger partial charge in [0.15, 0.2) is 0 Å². The third-order valence-electron chi connectivity index (χ3n) is 3.98. The van der Waals surface area contributed by atoms with E-state index in [0.717, 1.165) is 12.1 Å². The molecule has 4 heteroatoms. The number of carbonyl (C=O) groups excluding carboxylic acids is 2. The maximum absolute atomic E-state index is 12.1. The van der Waals surface area contributed by atoms with E-state index >= 15 is 0 Å². The number of anilines is 1. The Kier molecular flexibility index (Phi) is 2.81. The lowest BCUT2D eigenvalue weighted by Gasteiger charge is -2.24. The van der Waals surface area contributed by atoms with E-state index in [1.54, 1.807) is 9.80 Å². The molecule has 0 spiro atoms. The second kappa shape index (κ2) is 4.37. The Balaban J connectivity index is 1.95. The van der Waals surface area contributed by atoms with Gasteiger partial charge in [-0.05, 0) is 30.0 Å². The van der Waals surface area contributed by atoms with Crippen LogP contribution in [0.4, 0.5) is 5.69 Å². The highest BCUT2D eigenvalue weighted by atomic mass is 16.2. The van der Waals surface area contributed by atoms with Crippen molar-refractivity contribution in [2.45, 2.75) is 38.8 Å². The average molecular weight is 258 g/mol. The lowest BCUT2D eigenvalue weighted by Crippen LogP contribution is -2.36. The first-order chi connectivity index (χ1) is 9.08. The average Bonchev–Trinajstić information content (AvgIpc) is 2.89. The van der Waals surface area contributed by atoms with E-state index in [9.17, 15) is 9.59 Å². The molecule has 0 saturated carbocycles. The molecule has 1 unspecified atom stereocenters. The smallest absolute Gasteiger partial charge is 0.248 e. The fourth-order valence-electron chi connectivity index (χ4n) is 2.92. The van der Waals surface area contributed by atoms with Crippen LogP contribution in [0.2, 0.25) is 0 Å². The number of hydrogen-bond donors (Lipinski definition) is 0. The minimum atomic E-state index is -0.0672. The summed E-state index contributed by atoms with van der Waals surface area (Å²) >= 11 is 0. The molecule has 1 atom stereocenters. The summed E-state index contributed by atoms with van der Waals surface area (Å²) in [6, 6.07) is 8.08. The van der Waals surface area contributed by atoms with E-state index in [0.29, 0.717) is 12.3 Å². The molecule has 2 fully saturated rings. The fraction of sp³-hybridized carbons (Fsp3) is 0.467. The number of benzene rings is 1. The molecule has 0 aromatic heterocycles. The van der Waals surface area contributed by atoms with Crippen LogP contribution in [-0.2, 0) is 9.59 Å². The van der Waals surface area contributed by atoms with Gasteiger partial charge in [0.25, 0.3) is 0 Å². The second-order valence-electron chi connectivity index (χ2n) is 5.55. The van der Waals surface area contributed by atoms with Crippen LogP contribution in [-0.4, -0.2) is 29.4 Å². The van der Waals surface area contributed by atoms with Gasteiger partial charge in [-0.15, -0.1) is 0 Å². The lowest BCUT2D eigenvalue weighted by molar-refractivity contribution is -0.129. The predicted molar refractivity (Wildman–Crippen MR) is 72.8 cm³/mol. The Morgan fingerprint density at radius 1 is 1.21 bits per heavy atom. The predicted octanol–water partition coefficient (Wildman–Crippen LogP) is 2.11. The Bertz CT molecular complexity index is 539. The van der Waals surface area contributed by atoms with Crippen LogP contribution < -0.4 is 4.90 Å². The Morgan fingerprint density at radius 2 is 2.00 bits per heavy atom. The molecule has 0 bridgehead atoms. The van der Waals surface area contributed by atoms with Crippen LogP contribution in [0.3, 0.4) is 0 Å². The van der Waals surface area contributed by atoms with Gasteiger partial charge in [-0.1, -0.05) is 26.0 Å². The number of hydrogen-bond acceptors (Lipinski definition) is 2. The zero-order chi connectivity index (χ0) is 13.6. The largest absolute Gasteiger partial charge is 0.312 e. The highest BCUT2D eigenvalue weighted by Crippen LogP contribution is 2.33. The lowest BCUT2D eigenvalue weighted by atomic mass is 10.0. The molecular weight excluding hydrogens is 240 g/mol. The summed E-state index contributed by atoms with van der Waals surface area (Å²) in [5.41, 5.74) is 2.13. The zero-order valence-corrected chi connectivity index (χ0v) is 11.3. The molecule has 3 rings (SSSR count). The van der Waals surface area contributed by atoms with Gasteiger partial charge in [0, 0.05) is 12.1 Å². The maximum atomic E-state index is 12.1. The highest BCUT2D eigenvalue weighted by molar-refractivity contribution is 6.02. The molecule has 2 aliphatic rings. The number of nitrogens with zero attached hydrogens (tertiary/aromatic N) is 2. The summed E-state index contributed by atoms with van der Waals surface area (Å²) < 4.78 is 0. The summed E-state index contributed by atoms with van der Waals surface area (Å²) in [6.07, 6.45) is 1.23. The summed E-state index contributed by atoms with van der Waals surface area (Å²) in [7, 11) is 0.